The number of ether oxygens (including phenoxy) is 1. The van der Waals surface area contributed by atoms with Crippen LogP contribution in [0.25, 0.3) is 27.9 Å². The summed E-state index contributed by atoms with van der Waals surface area (Å²) in [6.45, 7) is 0.642. The van der Waals surface area contributed by atoms with Gasteiger partial charge in [-0.15, -0.1) is 5.10 Å². The molecule has 2 aromatic carbocycles. The number of fused-ring (bicyclic) bond motifs is 3. The fourth-order valence-electron chi connectivity index (χ4n) is 4.11. The van der Waals surface area contributed by atoms with Gasteiger partial charge in [0.15, 0.2) is 11.5 Å². The van der Waals surface area contributed by atoms with Gasteiger partial charge in [0.2, 0.25) is 11.9 Å². The van der Waals surface area contributed by atoms with Crippen LogP contribution in [0.4, 0.5) is 5.95 Å². The lowest BCUT2D eigenvalue weighted by molar-refractivity contribution is -0.121. The van der Waals surface area contributed by atoms with Crippen LogP contribution in [0.15, 0.2) is 47.4 Å². The van der Waals surface area contributed by atoms with Crippen molar-refractivity contribution < 1.29 is 13.7 Å². The fraction of sp³-hybridized carbons (Fsp3) is 0.304. The Morgan fingerprint density at radius 3 is 2.71 bits per heavy atom. The molecule has 34 heavy (non-hydrogen) atoms. The molecule has 10 nitrogen and oxygen atoms in total. The Bertz CT molecular complexity index is 1500. The monoisotopic (exact) mass is 479 g/mol. The molecule has 1 aliphatic rings. The first-order chi connectivity index (χ1) is 16.3. The molecule has 1 aliphatic heterocycles. The Kier molecular flexibility index (Phi) is 5.56. The molecule has 0 spiro atoms. The summed E-state index contributed by atoms with van der Waals surface area (Å²) >= 11 is 0. The second-order valence-corrected chi connectivity index (χ2v) is 10.4. The van der Waals surface area contributed by atoms with Gasteiger partial charge in [-0.25, -0.2) is 19.0 Å². The quantitative estimate of drug-likeness (QED) is 0.400. The molecular formula is C23H25N7O3S. The molecule has 176 valence electrons. The van der Waals surface area contributed by atoms with Gasteiger partial charge in [-0.05, 0) is 55.7 Å². The average Bonchev–Trinajstić information content (AvgIpc) is 3.18. The number of hydrogen-bond donors (Lipinski definition) is 3. The largest absolute Gasteiger partial charge is 0.497 e. The third-order valence-electron chi connectivity index (χ3n) is 5.87. The van der Waals surface area contributed by atoms with Crippen LogP contribution >= 0.6 is 0 Å². The second kappa shape index (κ2) is 8.56. The van der Waals surface area contributed by atoms with E-state index >= 15 is 0 Å². The van der Waals surface area contributed by atoms with Gasteiger partial charge in [-0.3, -0.25) is 4.79 Å². The van der Waals surface area contributed by atoms with Gasteiger partial charge in [0.1, 0.15) is 11.8 Å². The summed E-state index contributed by atoms with van der Waals surface area (Å²) in [7, 11) is -1.45. The van der Waals surface area contributed by atoms with Gasteiger partial charge >= 0.3 is 0 Å². The van der Waals surface area contributed by atoms with Crippen LogP contribution in [-0.4, -0.2) is 55.7 Å². The number of carbonyl (C=O) groups excluding carboxylic acids is 1. The first-order valence-corrected chi connectivity index (χ1v) is 12.9. The number of hydrogen-bond acceptors (Lipinski definition) is 8. The van der Waals surface area contributed by atoms with Gasteiger partial charge in [0.25, 0.3) is 0 Å². The topological polar surface area (TPSA) is 134 Å². The minimum atomic E-state index is -3.06. The summed E-state index contributed by atoms with van der Waals surface area (Å²) in [5.74, 6) is 1.40. The molecule has 1 amide bonds. The van der Waals surface area contributed by atoms with Gasteiger partial charge in [0, 0.05) is 23.8 Å². The van der Waals surface area contributed by atoms with Crippen molar-refractivity contribution in [3.05, 3.63) is 42.5 Å². The maximum Gasteiger partial charge on any atom is 0.242 e. The van der Waals surface area contributed by atoms with Crippen LogP contribution in [0.5, 0.6) is 5.75 Å². The SMILES string of the molecule is COc1ccc(-c2nc3c4cccc(S(C)(=N)=O)c4nc(N[C@@H]4CCCCNC4=O)n3n2)cc1. The molecule has 0 aliphatic carbocycles. The number of anilines is 1. The number of nitrogens with one attached hydrogen (secondary N) is 3. The highest BCUT2D eigenvalue weighted by atomic mass is 32.2. The van der Waals surface area contributed by atoms with Crippen LogP contribution in [0.1, 0.15) is 19.3 Å². The van der Waals surface area contributed by atoms with Crippen LogP contribution < -0.4 is 15.4 Å². The van der Waals surface area contributed by atoms with Crippen molar-refractivity contribution in [1.82, 2.24) is 24.9 Å². The predicted molar refractivity (Wildman–Crippen MR) is 130 cm³/mol. The summed E-state index contributed by atoms with van der Waals surface area (Å²) in [6.07, 6.45) is 3.82. The lowest BCUT2D eigenvalue weighted by Gasteiger charge is -2.17. The first-order valence-electron chi connectivity index (χ1n) is 11.0. The highest BCUT2D eigenvalue weighted by molar-refractivity contribution is 7.92. The Balaban J connectivity index is 1.73. The van der Waals surface area contributed by atoms with E-state index in [1.54, 1.807) is 23.8 Å². The van der Waals surface area contributed by atoms with E-state index in [4.69, 9.17) is 19.5 Å². The van der Waals surface area contributed by atoms with E-state index in [0.717, 1.165) is 24.2 Å². The summed E-state index contributed by atoms with van der Waals surface area (Å²) in [4.78, 5) is 22.4. The van der Waals surface area contributed by atoms with Crippen molar-refractivity contribution in [2.45, 2.75) is 30.2 Å². The van der Waals surface area contributed by atoms with E-state index in [9.17, 15) is 9.00 Å². The number of carbonyl (C=O) groups is 1. The number of rotatable bonds is 5. The zero-order chi connectivity index (χ0) is 23.9. The average molecular weight is 480 g/mol. The van der Waals surface area contributed by atoms with Crippen molar-refractivity contribution in [2.24, 2.45) is 0 Å². The number of benzene rings is 2. The molecule has 2 aromatic heterocycles. The van der Waals surface area contributed by atoms with Crippen molar-refractivity contribution in [1.29, 1.82) is 4.78 Å². The molecule has 0 saturated carbocycles. The van der Waals surface area contributed by atoms with Crippen molar-refractivity contribution in [2.75, 3.05) is 25.2 Å². The van der Waals surface area contributed by atoms with E-state index in [-0.39, 0.29) is 5.91 Å². The Hall–Kier alpha value is -3.73. The molecule has 3 heterocycles. The standard InChI is InChI=1S/C23H25N7O3S/c1-33-15-11-9-14(10-12-15)20-28-21-16-6-5-8-18(34(2,24)32)19(16)27-23(30(21)29-20)26-17-7-3-4-13-25-22(17)31/h5-6,8-12,17,24H,3-4,7,13H2,1-2H3,(H,25,31)(H,26,27)/t17-,34?/m1/s1. The zero-order valence-corrected chi connectivity index (χ0v) is 19.7. The van der Waals surface area contributed by atoms with Crippen LogP contribution in [0.3, 0.4) is 0 Å². The third-order valence-corrected chi connectivity index (χ3v) is 7.04. The van der Waals surface area contributed by atoms with Gasteiger partial charge < -0.3 is 15.4 Å². The Morgan fingerprint density at radius 2 is 1.97 bits per heavy atom. The van der Waals surface area contributed by atoms with Gasteiger partial charge in [0.05, 0.1) is 27.3 Å². The lowest BCUT2D eigenvalue weighted by Crippen LogP contribution is -2.38. The normalized spacial score (nSPS) is 18.3. The maximum atomic E-state index is 12.7. The maximum absolute atomic E-state index is 12.7. The van der Waals surface area contributed by atoms with E-state index in [2.05, 4.69) is 15.7 Å². The number of nitrogens with zero attached hydrogens (tertiary/aromatic N) is 4. The van der Waals surface area contributed by atoms with Crippen molar-refractivity contribution in [3.63, 3.8) is 0 Å². The Labute approximate surface area is 196 Å². The van der Waals surface area contributed by atoms with E-state index < -0.39 is 15.8 Å². The summed E-state index contributed by atoms with van der Waals surface area (Å²) < 4.78 is 27.7. The molecule has 2 atom stereocenters. The number of amides is 1. The molecule has 11 heteroatoms. The molecule has 3 N–H and O–H groups in total. The van der Waals surface area contributed by atoms with E-state index in [0.29, 0.717) is 46.2 Å². The minimum Gasteiger partial charge on any atom is -0.497 e. The van der Waals surface area contributed by atoms with Crippen LogP contribution in [-0.2, 0) is 14.5 Å². The highest BCUT2D eigenvalue weighted by Gasteiger charge is 2.24. The molecule has 1 fully saturated rings. The summed E-state index contributed by atoms with van der Waals surface area (Å²) in [5, 5.41) is 11.5. The van der Waals surface area contributed by atoms with Gasteiger partial charge in [-0.2, -0.15) is 4.52 Å². The molecule has 1 saturated heterocycles. The van der Waals surface area contributed by atoms with Crippen LogP contribution in [0, 0.1) is 4.78 Å². The second-order valence-electron chi connectivity index (χ2n) is 8.31. The number of aromatic nitrogens is 4. The lowest BCUT2D eigenvalue weighted by atomic mass is 10.1. The van der Waals surface area contributed by atoms with E-state index in [1.165, 1.54) is 6.26 Å². The third kappa shape index (κ3) is 4.03. The van der Waals surface area contributed by atoms with Crippen molar-refractivity contribution in [3.8, 4) is 17.1 Å². The minimum absolute atomic E-state index is 0.101. The summed E-state index contributed by atoms with van der Waals surface area (Å²) in [5.41, 5.74) is 1.69. The molecule has 0 radical (unpaired) electrons. The number of para-hydroxylation sites is 1. The predicted octanol–water partition coefficient (Wildman–Crippen LogP) is 3.07. The molecule has 1 unspecified atom stereocenters. The highest BCUT2D eigenvalue weighted by Crippen LogP contribution is 2.29. The van der Waals surface area contributed by atoms with Crippen LogP contribution in [0.2, 0.25) is 0 Å². The molecular weight excluding hydrogens is 454 g/mol. The first kappa shape index (κ1) is 22.1. The Morgan fingerprint density at radius 1 is 1.18 bits per heavy atom. The molecule has 0 bridgehead atoms. The number of methoxy groups -OCH3 is 1. The van der Waals surface area contributed by atoms with E-state index in [1.807, 2.05) is 30.3 Å². The fourth-order valence-corrected chi connectivity index (χ4v) is 4.97. The smallest absolute Gasteiger partial charge is 0.242 e. The summed E-state index contributed by atoms with van der Waals surface area (Å²) in [6, 6.07) is 12.1. The zero-order valence-electron chi connectivity index (χ0n) is 18.9. The molecule has 4 aromatic rings. The van der Waals surface area contributed by atoms with Gasteiger partial charge in [-0.1, -0.05) is 6.07 Å². The molecule has 5 rings (SSSR count). The van der Waals surface area contributed by atoms with Crippen molar-refractivity contribution >= 4 is 38.1 Å².